The van der Waals surface area contributed by atoms with E-state index in [1.807, 2.05) is 0 Å². The number of nitrogens with one attached hydrogen (secondary N) is 1. The van der Waals surface area contributed by atoms with Crippen molar-refractivity contribution in [3.8, 4) is 0 Å². The summed E-state index contributed by atoms with van der Waals surface area (Å²) in [5, 5.41) is 11.5. The number of carbonyl (C=O) groups is 1. The molecule has 0 aromatic carbocycles. The Hall–Kier alpha value is -1.80. The van der Waals surface area contributed by atoms with E-state index in [4.69, 9.17) is 17.4 Å². The molecule has 1 fully saturated rings. The van der Waals surface area contributed by atoms with Gasteiger partial charge in [0, 0.05) is 12.1 Å². The van der Waals surface area contributed by atoms with Gasteiger partial charge in [0.2, 0.25) is 11.1 Å². The van der Waals surface area contributed by atoms with Crippen LogP contribution in [0.25, 0.3) is 0 Å². The fraction of sp³-hybridized carbons (Fsp3) is 0.385. The van der Waals surface area contributed by atoms with Gasteiger partial charge in [0.1, 0.15) is 5.82 Å². The maximum Gasteiger partial charge on any atom is 0.238 e. The summed E-state index contributed by atoms with van der Waals surface area (Å²) in [5.74, 6) is 7.44. The van der Waals surface area contributed by atoms with Gasteiger partial charge in [-0.15, -0.1) is 10.2 Å². The van der Waals surface area contributed by atoms with Crippen molar-refractivity contribution in [1.29, 1.82) is 0 Å². The predicted molar refractivity (Wildman–Crippen MR) is 85.3 cm³/mol. The van der Waals surface area contributed by atoms with E-state index in [2.05, 4.69) is 20.5 Å². The zero-order valence-electron chi connectivity index (χ0n) is 11.9. The number of pyridine rings is 1. The third kappa shape index (κ3) is 3.33. The van der Waals surface area contributed by atoms with Crippen LogP contribution in [0.4, 0.5) is 5.82 Å². The van der Waals surface area contributed by atoms with Gasteiger partial charge >= 0.3 is 0 Å². The highest BCUT2D eigenvalue weighted by molar-refractivity contribution is 8.00. The molecule has 22 heavy (non-hydrogen) atoms. The van der Waals surface area contributed by atoms with E-state index >= 15 is 0 Å². The number of nitrogens with zero attached hydrogens (tertiary/aromatic N) is 4. The van der Waals surface area contributed by atoms with Crippen LogP contribution in [0.5, 0.6) is 0 Å². The topological polar surface area (TPSA) is 98.7 Å². The third-order valence-electron chi connectivity index (χ3n) is 3.26. The zero-order valence-corrected chi connectivity index (χ0v) is 13.4. The highest BCUT2D eigenvalue weighted by Gasteiger charge is 2.30. The van der Waals surface area contributed by atoms with Crippen LogP contribution >= 0.6 is 23.4 Å². The van der Waals surface area contributed by atoms with Gasteiger partial charge in [-0.3, -0.25) is 4.79 Å². The van der Waals surface area contributed by atoms with Crippen molar-refractivity contribution in [2.24, 2.45) is 0 Å². The SMILES string of the molecule is C[C@@H](Sc1nnc(C2CC2)n1N)C(=O)Nc1ccc(Cl)cn1. The van der Waals surface area contributed by atoms with Crippen LogP contribution in [0.1, 0.15) is 31.5 Å². The summed E-state index contributed by atoms with van der Waals surface area (Å²) in [6.07, 6.45) is 3.67. The largest absolute Gasteiger partial charge is 0.336 e. The van der Waals surface area contributed by atoms with E-state index < -0.39 is 0 Å². The van der Waals surface area contributed by atoms with E-state index in [-0.39, 0.29) is 11.2 Å². The number of hydrogen-bond acceptors (Lipinski definition) is 6. The van der Waals surface area contributed by atoms with Gasteiger partial charge in [0.15, 0.2) is 5.82 Å². The third-order valence-corrected chi connectivity index (χ3v) is 4.54. The summed E-state index contributed by atoms with van der Waals surface area (Å²) in [7, 11) is 0. The number of thioether (sulfide) groups is 1. The second-order valence-electron chi connectivity index (χ2n) is 5.10. The standard InChI is InChI=1S/C13H15ClN6OS/c1-7(12(21)17-10-5-4-9(14)6-16-10)22-13-19-18-11(20(13)15)8-2-3-8/h4-8H,2-3,15H2,1H3,(H,16,17,21)/t7-/m1/s1. The van der Waals surface area contributed by atoms with Crippen molar-refractivity contribution in [3.05, 3.63) is 29.2 Å². The molecule has 2 aromatic heterocycles. The number of nitrogens with two attached hydrogens (primary N) is 1. The molecule has 1 aliphatic carbocycles. The van der Waals surface area contributed by atoms with Gasteiger partial charge in [-0.25, -0.2) is 9.66 Å². The molecule has 1 saturated carbocycles. The Morgan fingerprint density at radius 3 is 2.91 bits per heavy atom. The molecule has 3 rings (SSSR count). The lowest BCUT2D eigenvalue weighted by molar-refractivity contribution is -0.115. The molecule has 0 aliphatic heterocycles. The van der Waals surface area contributed by atoms with Gasteiger partial charge in [0.25, 0.3) is 0 Å². The average molecular weight is 339 g/mol. The lowest BCUT2D eigenvalue weighted by Crippen LogP contribution is -2.24. The summed E-state index contributed by atoms with van der Waals surface area (Å²) in [4.78, 5) is 16.2. The van der Waals surface area contributed by atoms with E-state index in [1.54, 1.807) is 19.1 Å². The minimum Gasteiger partial charge on any atom is -0.336 e. The number of anilines is 1. The number of carbonyl (C=O) groups excluding carboxylic acids is 1. The Labute approximate surface area is 136 Å². The first kappa shape index (κ1) is 15.1. The molecule has 1 amide bonds. The summed E-state index contributed by atoms with van der Waals surface area (Å²) >= 11 is 7.02. The molecule has 1 atom stereocenters. The monoisotopic (exact) mass is 338 g/mol. The van der Waals surface area contributed by atoms with Crippen LogP contribution in [0.3, 0.4) is 0 Å². The van der Waals surface area contributed by atoms with E-state index in [9.17, 15) is 4.79 Å². The number of rotatable bonds is 5. The van der Waals surface area contributed by atoms with E-state index in [1.165, 1.54) is 22.6 Å². The quantitative estimate of drug-likeness (QED) is 0.639. The lowest BCUT2D eigenvalue weighted by atomic mass is 10.4. The number of nitrogen functional groups attached to an aromatic ring is 1. The van der Waals surface area contributed by atoms with Crippen molar-refractivity contribution in [3.63, 3.8) is 0 Å². The molecule has 2 heterocycles. The van der Waals surface area contributed by atoms with Crippen LogP contribution in [0.2, 0.25) is 5.02 Å². The summed E-state index contributed by atoms with van der Waals surface area (Å²) in [6, 6.07) is 3.31. The second kappa shape index (κ2) is 6.13. The molecule has 0 radical (unpaired) electrons. The molecule has 0 spiro atoms. The Bertz CT molecular complexity index is 684. The molecule has 2 aromatic rings. The highest BCUT2D eigenvalue weighted by atomic mass is 35.5. The predicted octanol–water partition coefficient (Wildman–Crippen LogP) is 2.04. The lowest BCUT2D eigenvalue weighted by Gasteiger charge is -2.11. The normalized spacial score (nSPS) is 15.5. The van der Waals surface area contributed by atoms with Crippen molar-refractivity contribution in [2.75, 3.05) is 11.2 Å². The second-order valence-corrected chi connectivity index (χ2v) is 6.84. The Kier molecular flexibility index (Phi) is 4.21. The van der Waals surface area contributed by atoms with Crippen molar-refractivity contribution in [2.45, 2.75) is 36.1 Å². The van der Waals surface area contributed by atoms with E-state index in [0.29, 0.717) is 21.9 Å². The molecular formula is C13H15ClN6OS. The first-order valence-corrected chi connectivity index (χ1v) is 8.10. The molecular weight excluding hydrogens is 324 g/mol. The maximum absolute atomic E-state index is 12.2. The summed E-state index contributed by atoms with van der Waals surface area (Å²) in [5.41, 5.74) is 0. The van der Waals surface area contributed by atoms with Crippen LogP contribution in [0, 0.1) is 0 Å². The Morgan fingerprint density at radius 2 is 2.27 bits per heavy atom. The molecule has 0 bridgehead atoms. The van der Waals surface area contributed by atoms with Gasteiger partial charge < -0.3 is 11.2 Å². The molecule has 9 heteroatoms. The molecule has 116 valence electrons. The van der Waals surface area contributed by atoms with E-state index in [0.717, 1.165) is 18.7 Å². The molecule has 0 unspecified atom stereocenters. The first-order valence-electron chi connectivity index (χ1n) is 6.84. The number of aromatic nitrogens is 4. The van der Waals surface area contributed by atoms with Crippen molar-refractivity contribution < 1.29 is 4.79 Å². The fourth-order valence-electron chi connectivity index (χ4n) is 1.88. The van der Waals surface area contributed by atoms with Crippen LogP contribution < -0.4 is 11.2 Å². The number of amides is 1. The Morgan fingerprint density at radius 1 is 1.50 bits per heavy atom. The zero-order chi connectivity index (χ0) is 15.7. The number of hydrogen-bond donors (Lipinski definition) is 2. The molecule has 3 N–H and O–H groups in total. The van der Waals surface area contributed by atoms with Crippen molar-refractivity contribution in [1.82, 2.24) is 19.9 Å². The highest BCUT2D eigenvalue weighted by Crippen LogP contribution is 2.39. The van der Waals surface area contributed by atoms with Gasteiger partial charge in [-0.05, 0) is 31.9 Å². The van der Waals surface area contributed by atoms with Crippen molar-refractivity contribution >= 4 is 35.1 Å². The molecule has 0 saturated heterocycles. The van der Waals surface area contributed by atoms with Gasteiger partial charge in [0.05, 0.1) is 10.3 Å². The minimum absolute atomic E-state index is 0.184. The summed E-state index contributed by atoms with van der Waals surface area (Å²) in [6.45, 7) is 1.78. The van der Waals surface area contributed by atoms with Gasteiger partial charge in [-0.1, -0.05) is 23.4 Å². The fourth-order valence-corrected chi connectivity index (χ4v) is 2.77. The van der Waals surface area contributed by atoms with Crippen LogP contribution in [-0.2, 0) is 4.79 Å². The maximum atomic E-state index is 12.2. The summed E-state index contributed by atoms with van der Waals surface area (Å²) < 4.78 is 1.48. The molecule has 7 nitrogen and oxygen atoms in total. The van der Waals surface area contributed by atoms with Crippen LogP contribution in [0.15, 0.2) is 23.5 Å². The van der Waals surface area contributed by atoms with Gasteiger partial charge in [-0.2, -0.15) is 0 Å². The average Bonchev–Trinajstić information content (AvgIpc) is 3.27. The first-order chi connectivity index (χ1) is 10.5. The minimum atomic E-state index is -0.379. The smallest absolute Gasteiger partial charge is 0.238 e. The number of halogens is 1. The van der Waals surface area contributed by atoms with Crippen LogP contribution in [-0.4, -0.2) is 31.0 Å². The Balaban J connectivity index is 1.62. The molecule has 1 aliphatic rings.